The first-order valence-electron chi connectivity index (χ1n) is 16.0. The van der Waals surface area contributed by atoms with Crippen molar-refractivity contribution in [3.63, 3.8) is 0 Å². The second-order valence-electron chi connectivity index (χ2n) is 12.2. The smallest absolute Gasteiger partial charge is 0.210 e. The Bertz CT molecular complexity index is 2590. The molecule has 0 saturated heterocycles. The number of anilines is 3. The van der Waals surface area contributed by atoms with Crippen LogP contribution >= 0.6 is 0 Å². The second-order valence-corrected chi connectivity index (χ2v) is 14.1. The van der Waals surface area contributed by atoms with Crippen LogP contribution in [-0.2, 0) is 9.84 Å². The van der Waals surface area contributed by atoms with Gasteiger partial charge in [0.1, 0.15) is 0 Å². The van der Waals surface area contributed by atoms with Crippen LogP contribution in [0.1, 0.15) is 0 Å². The van der Waals surface area contributed by atoms with Crippen molar-refractivity contribution in [1.82, 2.24) is 9.13 Å². The molecule has 0 saturated carbocycles. The van der Waals surface area contributed by atoms with Gasteiger partial charge in [0, 0.05) is 38.6 Å². The van der Waals surface area contributed by atoms with Crippen LogP contribution in [0.15, 0.2) is 174 Å². The van der Waals surface area contributed by atoms with E-state index in [9.17, 15) is 8.42 Å². The Kier molecular flexibility index (Phi) is 5.60. The van der Waals surface area contributed by atoms with E-state index in [1.54, 1.807) is 0 Å². The van der Waals surface area contributed by atoms with Crippen molar-refractivity contribution in [1.29, 1.82) is 0 Å². The summed E-state index contributed by atoms with van der Waals surface area (Å²) >= 11 is 0. The average molecular weight is 638 g/mol. The molecule has 228 valence electrons. The molecule has 0 atom stereocenters. The van der Waals surface area contributed by atoms with E-state index in [4.69, 9.17) is 0 Å². The number of aromatic nitrogens is 2. The number of sulfone groups is 1. The SMILES string of the molecule is O=S1(=O)c2cc(-n3c4ccccc4c4ccccc43)ccc2N(c2ccccc2)c2ccc(-n3c4ccccc4c4ccccc43)cc21. The van der Waals surface area contributed by atoms with Crippen LogP contribution in [0, 0.1) is 0 Å². The predicted octanol–water partition coefficient (Wildman–Crippen LogP) is 10.5. The Hall–Kier alpha value is -6.11. The molecule has 0 amide bonds. The monoisotopic (exact) mass is 637 g/mol. The molecule has 0 N–H and O–H groups in total. The quantitative estimate of drug-likeness (QED) is 0.194. The lowest BCUT2D eigenvalue weighted by Crippen LogP contribution is -2.22. The predicted molar refractivity (Wildman–Crippen MR) is 195 cm³/mol. The maximum Gasteiger partial charge on any atom is 0.210 e. The molecule has 0 fully saturated rings. The Labute approximate surface area is 277 Å². The fraction of sp³-hybridized carbons (Fsp3) is 0. The van der Waals surface area contributed by atoms with E-state index in [0.29, 0.717) is 11.4 Å². The summed E-state index contributed by atoms with van der Waals surface area (Å²) in [5.41, 5.74) is 7.85. The van der Waals surface area contributed by atoms with Gasteiger partial charge in [-0.3, -0.25) is 0 Å². The topological polar surface area (TPSA) is 47.2 Å². The standard InChI is InChI=1S/C42H27N3O2S/c46-48(47)41-26-29(44-35-18-8-4-14-31(35)32-15-5-9-19-36(32)44)22-24-39(41)43(28-12-2-1-3-13-28)40-25-23-30(27-42(40)48)45-37-20-10-6-16-33(37)34-17-7-11-21-38(34)45/h1-27H. The van der Waals surface area contributed by atoms with Crippen LogP contribution in [0.4, 0.5) is 17.1 Å². The Morgan fingerprint density at radius 1 is 0.354 bits per heavy atom. The van der Waals surface area contributed by atoms with E-state index in [-0.39, 0.29) is 9.79 Å². The van der Waals surface area contributed by atoms with Gasteiger partial charge in [-0.1, -0.05) is 91.0 Å². The fourth-order valence-corrected chi connectivity index (χ4v) is 9.25. The first-order chi connectivity index (χ1) is 23.6. The summed E-state index contributed by atoms with van der Waals surface area (Å²) in [6.45, 7) is 0. The van der Waals surface area contributed by atoms with Crippen molar-refractivity contribution in [2.45, 2.75) is 9.79 Å². The summed E-state index contributed by atoms with van der Waals surface area (Å²) < 4.78 is 34.2. The molecule has 7 aromatic carbocycles. The average Bonchev–Trinajstić information content (AvgIpc) is 3.65. The van der Waals surface area contributed by atoms with Gasteiger partial charge in [0.05, 0.1) is 43.2 Å². The van der Waals surface area contributed by atoms with E-state index in [0.717, 1.165) is 60.7 Å². The number of rotatable bonds is 3. The number of hydrogen-bond donors (Lipinski definition) is 0. The van der Waals surface area contributed by atoms with Gasteiger partial charge in [-0.05, 0) is 72.8 Å². The number of benzene rings is 7. The molecule has 2 aromatic heterocycles. The van der Waals surface area contributed by atoms with Crippen LogP contribution in [0.5, 0.6) is 0 Å². The van der Waals surface area contributed by atoms with Gasteiger partial charge in [0.15, 0.2) is 0 Å². The van der Waals surface area contributed by atoms with Gasteiger partial charge >= 0.3 is 0 Å². The molecule has 0 unspecified atom stereocenters. The van der Waals surface area contributed by atoms with Gasteiger partial charge in [-0.15, -0.1) is 0 Å². The Balaban J connectivity index is 1.25. The maximum atomic E-state index is 14.9. The summed E-state index contributed by atoms with van der Waals surface area (Å²) in [7, 11) is -3.95. The Morgan fingerprint density at radius 2 is 0.708 bits per heavy atom. The zero-order chi connectivity index (χ0) is 32.0. The molecule has 0 radical (unpaired) electrons. The van der Waals surface area contributed by atoms with E-state index in [1.807, 2.05) is 115 Å². The minimum absolute atomic E-state index is 0.276. The minimum Gasteiger partial charge on any atom is -0.309 e. The highest BCUT2D eigenvalue weighted by atomic mass is 32.2. The fourth-order valence-electron chi connectivity index (χ4n) is 7.59. The zero-order valence-electron chi connectivity index (χ0n) is 25.7. The highest BCUT2D eigenvalue weighted by molar-refractivity contribution is 7.92. The molecule has 9 aromatic rings. The van der Waals surface area contributed by atoms with Gasteiger partial charge < -0.3 is 14.0 Å². The van der Waals surface area contributed by atoms with E-state index in [1.165, 1.54) is 0 Å². The molecule has 6 heteroatoms. The lowest BCUT2D eigenvalue weighted by Gasteiger charge is -2.33. The summed E-state index contributed by atoms with van der Waals surface area (Å²) in [5.74, 6) is 0. The number of hydrogen-bond acceptors (Lipinski definition) is 3. The third-order valence-electron chi connectivity index (χ3n) is 9.64. The first kappa shape index (κ1) is 27.0. The molecular weight excluding hydrogens is 611 g/mol. The molecule has 1 aliphatic heterocycles. The van der Waals surface area contributed by atoms with E-state index in [2.05, 4.69) is 62.6 Å². The summed E-state index contributed by atoms with van der Waals surface area (Å²) in [6.07, 6.45) is 0. The number of fused-ring (bicyclic) bond motifs is 8. The summed E-state index contributed by atoms with van der Waals surface area (Å²) in [4.78, 5) is 2.62. The molecule has 5 nitrogen and oxygen atoms in total. The molecule has 0 aliphatic carbocycles. The van der Waals surface area contributed by atoms with Crippen molar-refractivity contribution >= 4 is 70.5 Å². The third-order valence-corrected chi connectivity index (χ3v) is 11.5. The maximum absolute atomic E-state index is 14.9. The molecule has 0 bridgehead atoms. The van der Waals surface area contributed by atoms with Crippen molar-refractivity contribution in [2.24, 2.45) is 0 Å². The van der Waals surface area contributed by atoms with Crippen molar-refractivity contribution in [3.05, 3.63) is 164 Å². The number of nitrogens with zero attached hydrogens (tertiary/aromatic N) is 3. The van der Waals surface area contributed by atoms with Crippen LogP contribution in [0.25, 0.3) is 55.0 Å². The van der Waals surface area contributed by atoms with Crippen LogP contribution in [-0.4, -0.2) is 17.6 Å². The molecule has 1 aliphatic rings. The van der Waals surface area contributed by atoms with Gasteiger partial charge in [0.2, 0.25) is 9.84 Å². The minimum atomic E-state index is -3.95. The third kappa shape index (κ3) is 3.69. The second kappa shape index (κ2) is 9.94. The van der Waals surface area contributed by atoms with E-state index >= 15 is 0 Å². The van der Waals surface area contributed by atoms with Crippen molar-refractivity contribution < 1.29 is 8.42 Å². The van der Waals surface area contributed by atoms with Crippen molar-refractivity contribution in [2.75, 3.05) is 4.90 Å². The summed E-state index contributed by atoms with van der Waals surface area (Å²) in [5, 5.41) is 4.50. The van der Waals surface area contributed by atoms with Crippen LogP contribution in [0.3, 0.4) is 0 Å². The largest absolute Gasteiger partial charge is 0.309 e. The highest BCUT2D eigenvalue weighted by Gasteiger charge is 2.36. The molecule has 48 heavy (non-hydrogen) atoms. The molecule has 3 heterocycles. The molecule has 10 rings (SSSR count). The normalized spacial score (nSPS) is 13.7. The zero-order valence-corrected chi connectivity index (χ0v) is 26.5. The summed E-state index contributed by atoms with van der Waals surface area (Å²) in [6, 6.07) is 54.7. The highest BCUT2D eigenvalue weighted by Crippen LogP contribution is 2.50. The first-order valence-corrected chi connectivity index (χ1v) is 17.4. The number of para-hydroxylation sites is 5. The van der Waals surface area contributed by atoms with Crippen LogP contribution in [0.2, 0.25) is 0 Å². The lowest BCUT2D eigenvalue weighted by molar-refractivity contribution is 0.595. The van der Waals surface area contributed by atoms with Gasteiger partial charge in [-0.25, -0.2) is 8.42 Å². The molecule has 0 spiro atoms. The van der Waals surface area contributed by atoms with Gasteiger partial charge in [-0.2, -0.15) is 0 Å². The van der Waals surface area contributed by atoms with E-state index < -0.39 is 9.84 Å². The van der Waals surface area contributed by atoms with Crippen molar-refractivity contribution in [3.8, 4) is 11.4 Å². The molecular formula is C42H27N3O2S. The lowest BCUT2D eigenvalue weighted by atomic mass is 10.1. The van der Waals surface area contributed by atoms with Crippen LogP contribution < -0.4 is 4.90 Å². The van der Waals surface area contributed by atoms with Gasteiger partial charge in [0.25, 0.3) is 0 Å². The Morgan fingerprint density at radius 3 is 1.10 bits per heavy atom.